The van der Waals surface area contributed by atoms with E-state index in [1.807, 2.05) is 31.2 Å². The number of hydrogen-bond acceptors (Lipinski definition) is 5. The predicted molar refractivity (Wildman–Crippen MR) is 100 cm³/mol. The van der Waals surface area contributed by atoms with E-state index in [9.17, 15) is 19.7 Å². The van der Waals surface area contributed by atoms with Crippen LogP contribution in [0, 0.1) is 10.1 Å². The summed E-state index contributed by atoms with van der Waals surface area (Å²) in [4.78, 5) is 37.3. The molecular formula is C19H17ClN2O5. The number of nitro groups is 1. The molecule has 8 heteroatoms. The molecule has 1 amide bonds. The molecule has 2 aromatic carbocycles. The first-order valence-electron chi connectivity index (χ1n) is 8.35. The van der Waals surface area contributed by atoms with Crippen molar-refractivity contribution in [2.75, 3.05) is 4.90 Å². The number of ether oxygens (including phenoxy) is 1. The molecule has 27 heavy (non-hydrogen) atoms. The molecule has 2 atom stereocenters. The molecule has 0 saturated heterocycles. The van der Waals surface area contributed by atoms with E-state index >= 15 is 0 Å². The average Bonchev–Trinajstić information content (AvgIpc) is 2.96. The SMILES string of the molecule is C[C@@H](OC(=O)c1cc(Cl)ccc1[N+](=O)[O-])C(=O)N1c2ccccc2C[C@@H]1C. The molecule has 0 bridgehead atoms. The highest BCUT2D eigenvalue weighted by Crippen LogP contribution is 2.32. The number of rotatable bonds is 4. The Morgan fingerprint density at radius 3 is 2.70 bits per heavy atom. The van der Waals surface area contributed by atoms with Crippen LogP contribution in [0.4, 0.5) is 11.4 Å². The fraction of sp³-hybridized carbons (Fsp3) is 0.263. The van der Waals surface area contributed by atoms with Gasteiger partial charge < -0.3 is 9.64 Å². The van der Waals surface area contributed by atoms with E-state index in [4.69, 9.17) is 16.3 Å². The van der Waals surface area contributed by atoms with Gasteiger partial charge in [-0.2, -0.15) is 0 Å². The van der Waals surface area contributed by atoms with E-state index in [0.717, 1.165) is 23.4 Å². The van der Waals surface area contributed by atoms with Crippen molar-refractivity contribution in [3.63, 3.8) is 0 Å². The van der Waals surface area contributed by atoms with Crippen molar-refractivity contribution in [2.24, 2.45) is 0 Å². The maximum absolute atomic E-state index is 12.9. The normalized spacial score (nSPS) is 16.6. The van der Waals surface area contributed by atoms with Gasteiger partial charge in [-0.3, -0.25) is 14.9 Å². The Morgan fingerprint density at radius 2 is 2.00 bits per heavy atom. The van der Waals surface area contributed by atoms with E-state index in [2.05, 4.69) is 0 Å². The third-order valence-electron chi connectivity index (χ3n) is 4.45. The molecule has 0 aliphatic carbocycles. The van der Waals surface area contributed by atoms with Crippen molar-refractivity contribution in [3.05, 3.63) is 68.7 Å². The van der Waals surface area contributed by atoms with Gasteiger partial charge in [-0.1, -0.05) is 29.8 Å². The summed E-state index contributed by atoms with van der Waals surface area (Å²) in [5.74, 6) is -1.35. The number of carbonyl (C=O) groups is 2. The van der Waals surface area contributed by atoms with E-state index in [0.29, 0.717) is 6.42 Å². The number of halogens is 1. The van der Waals surface area contributed by atoms with Crippen LogP contribution in [0.25, 0.3) is 0 Å². The van der Waals surface area contributed by atoms with Crippen molar-refractivity contribution in [1.82, 2.24) is 0 Å². The Hall–Kier alpha value is -2.93. The Bertz CT molecular complexity index is 930. The van der Waals surface area contributed by atoms with Gasteiger partial charge in [0, 0.05) is 22.8 Å². The zero-order chi connectivity index (χ0) is 19.7. The molecular weight excluding hydrogens is 372 g/mol. The monoisotopic (exact) mass is 388 g/mol. The number of hydrogen-bond donors (Lipinski definition) is 0. The molecule has 1 aliphatic heterocycles. The summed E-state index contributed by atoms with van der Waals surface area (Å²) >= 11 is 5.84. The van der Waals surface area contributed by atoms with Gasteiger partial charge in [0.15, 0.2) is 6.10 Å². The van der Waals surface area contributed by atoms with Crippen LogP contribution in [0.3, 0.4) is 0 Å². The molecule has 3 rings (SSSR count). The maximum Gasteiger partial charge on any atom is 0.345 e. The lowest BCUT2D eigenvalue weighted by Gasteiger charge is -2.25. The molecule has 7 nitrogen and oxygen atoms in total. The average molecular weight is 389 g/mol. The Kier molecular flexibility index (Phi) is 5.14. The molecule has 0 aromatic heterocycles. The number of nitro benzene ring substituents is 1. The smallest absolute Gasteiger partial charge is 0.345 e. The summed E-state index contributed by atoms with van der Waals surface area (Å²) in [5, 5.41) is 11.3. The molecule has 0 radical (unpaired) electrons. The number of esters is 1. The number of fused-ring (bicyclic) bond motifs is 1. The van der Waals surface area contributed by atoms with E-state index in [1.54, 1.807) is 4.90 Å². The minimum atomic E-state index is -1.11. The first-order valence-corrected chi connectivity index (χ1v) is 8.73. The molecule has 0 unspecified atom stereocenters. The zero-order valence-corrected chi connectivity index (χ0v) is 15.5. The van der Waals surface area contributed by atoms with Gasteiger partial charge in [0.2, 0.25) is 0 Å². The number of para-hydroxylation sites is 1. The van der Waals surface area contributed by atoms with Crippen LogP contribution in [0.2, 0.25) is 5.02 Å². The van der Waals surface area contributed by atoms with Crippen molar-refractivity contribution in [3.8, 4) is 0 Å². The third kappa shape index (κ3) is 3.64. The molecule has 0 spiro atoms. The summed E-state index contributed by atoms with van der Waals surface area (Å²) in [6.45, 7) is 3.36. The highest BCUT2D eigenvalue weighted by molar-refractivity contribution is 6.31. The number of amides is 1. The summed E-state index contributed by atoms with van der Waals surface area (Å²) in [6.07, 6.45) is -0.396. The van der Waals surface area contributed by atoms with Crippen LogP contribution in [-0.4, -0.2) is 28.9 Å². The van der Waals surface area contributed by atoms with Gasteiger partial charge in [0.25, 0.3) is 11.6 Å². The predicted octanol–water partition coefficient (Wildman–Crippen LogP) is 3.77. The largest absolute Gasteiger partial charge is 0.449 e. The molecule has 1 heterocycles. The molecule has 0 saturated carbocycles. The van der Waals surface area contributed by atoms with Gasteiger partial charge in [-0.05, 0) is 44.0 Å². The van der Waals surface area contributed by atoms with Gasteiger partial charge in [-0.25, -0.2) is 4.79 Å². The van der Waals surface area contributed by atoms with Crippen molar-refractivity contribution in [2.45, 2.75) is 32.4 Å². The number of nitrogens with zero attached hydrogens (tertiary/aromatic N) is 2. The van der Waals surface area contributed by atoms with E-state index < -0.39 is 22.7 Å². The summed E-state index contributed by atoms with van der Waals surface area (Å²) in [5.41, 5.74) is 1.11. The van der Waals surface area contributed by atoms with E-state index in [-0.39, 0.29) is 22.5 Å². The molecule has 2 aromatic rings. The first-order chi connectivity index (χ1) is 12.8. The van der Waals surface area contributed by atoms with Crippen molar-refractivity contribution < 1.29 is 19.2 Å². The molecule has 1 aliphatic rings. The van der Waals surface area contributed by atoms with Gasteiger partial charge >= 0.3 is 5.97 Å². The lowest BCUT2D eigenvalue weighted by Crippen LogP contribution is -2.43. The highest BCUT2D eigenvalue weighted by Gasteiger charge is 2.35. The Labute approximate surface area is 160 Å². The fourth-order valence-electron chi connectivity index (χ4n) is 3.20. The second-order valence-corrected chi connectivity index (χ2v) is 6.79. The topological polar surface area (TPSA) is 89.7 Å². The lowest BCUT2D eigenvalue weighted by molar-refractivity contribution is -0.385. The van der Waals surface area contributed by atoms with Gasteiger partial charge in [0.05, 0.1) is 4.92 Å². The number of benzene rings is 2. The first kappa shape index (κ1) is 18.8. The number of carbonyl (C=O) groups excluding carboxylic acids is 2. The fourth-order valence-corrected chi connectivity index (χ4v) is 3.37. The van der Waals surface area contributed by atoms with Crippen LogP contribution in [0.15, 0.2) is 42.5 Å². The van der Waals surface area contributed by atoms with E-state index in [1.165, 1.54) is 13.0 Å². The lowest BCUT2D eigenvalue weighted by atomic mass is 10.1. The minimum absolute atomic E-state index is 0.0726. The van der Waals surface area contributed by atoms with Crippen LogP contribution >= 0.6 is 11.6 Å². The highest BCUT2D eigenvalue weighted by atomic mass is 35.5. The number of anilines is 1. The molecule has 0 N–H and O–H groups in total. The van der Waals surface area contributed by atoms with Crippen molar-refractivity contribution >= 4 is 34.9 Å². The van der Waals surface area contributed by atoms with Gasteiger partial charge in [-0.15, -0.1) is 0 Å². The standard InChI is InChI=1S/C19H17ClN2O5/c1-11-9-13-5-3-4-6-16(13)21(11)18(23)12(2)27-19(24)15-10-14(20)7-8-17(15)22(25)26/h3-8,10-12H,9H2,1-2H3/t11-,12+/m0/s1. The third-order valence-corrected chi connectivity index (χ3v) is 4.69. The maximum atomic E-state index is 12.9. The second-order valence-electron chi connectivity index (χ2n) is 6.36. The zero-order valence-electron chi connectivity index (χ0n) is 14.7. The summed E-state index contributed by atoms with van der Waals surface area (Å²) in [7, 11) is 0. The molecule has 140 valence electrons. The van der Waals surface area contributed by atoms with Gasteiger partial charge in [0.1, 0.15) is 5.56 Å². The Morgan fingerprint density at radius 1 is 1.30 bits per heavy atom. The quantitative estimate of drug-likeness (QED) is 0.451. The van der Waals surface area contributed by atoms with Crippen LogP contribution in [-0.2, 0) is 16.0 Å². The van der Waals surface area contributed by atoms with Crippen molar-refractivity contribution in [1.29, 1.82) is 0 Å². The second kappa shape index (κ2) is 7.36. The Balaban J connectivity index is 1.81. The summed E-state index contributed by atoms with van der Waals surface area (Å²) < 4.78 is 5.23. The summed E-state index contributed by atoms with van der Waals surface area (Å²) in [6, 6.07) is 11.1. The van der Waals surface area contributed by atoms with Crippen LogP contribution in [0.5, 0.6) is 0 Å². The van der Waals surface area contributed by atoms with Crippen LogP contribution in [0.1, 0.15) is 29.8 Å². The minimum Gasteiger partial charge on any atom is -0.449 e. The molecule has 0 fully saturated rings. The van der Waals surface area contributed by atoms with Crippen LogP contribution < -0.4 is 4.90 Å².